The Morgan fingerprint density at radius 2 is 2.09 bits per heavy atom. The van der Waals surface area contributed by atoms with Crippen molar-refractivity contribution in [3.8, 4) is 5.75 Å². The third kappa shape index (κ3) is 4.77. The van der Waals surface area contributed by atoms with Crippen LogP contribution in [0.3, 0.4) is 0 Å². The molecule has 23 heavy (non-hydrogen) atoms. The standard InChI is InChI=1S/C16H20F3NO3/c1-22-15(21)12(7-10-3-2-4-10)11-5-6-13(20)14(8-11)23-9-16(17,18)19/h5-6,8,10,12H,2-4,7,9,20H2,1H3. The quantitative estimate of drug-likeness (QED) is 0.638. The van der Waals surface area contributed by atoms with Crippen LogP contribution >= 0.6 is 0 Å². The summed E-state index contributed by atoms with van der Waals surface area (Å²) in [7, 11) is 1.30. The van der Waals surface area contributed by atoms with Crippen LogP contribution in [0.5, 0.6) is 5.75 Å². The van der Waals surface area contributed by atoms with Crippen LogP contribution in [-0.4, -0.2) is 25.9 Å². The zero-order chi connectivity index (χ0) is 17.0. The van der Waals surface area contributed by atoms with Gasteiger partial charge in [-0.1, -0.05) is 25.3 Å². The lowest BCUT2D eigenvalue weighted by Gasteiger charge is -2.29. The first-order valence-electron chi connectivity index (χ1n) is 7.47. The molecular formula is C16H20F3NO3. The summed E-state index contributed by atoms with van der Waals surface area (Å²) in [5, 5.41) is 0. The van der Waals surface area contributed by atoms with Crippen molar-refractivity contribution in [3.63, 3.8) is 0 Å². The van der Waals surface area contributed by atoms with Gasteiger partial charge in [0.1, 0.15) is 5.75 Å². The number of carbonyl (C=O) groups is 1. The number of nitrogens with two attached hydrogens (primary N) is 1. The number of nitrogen functional groups attached to an aromatic ring is 1. The van der Waals surface area contributed by atoms with Crippen molar-refractivity contribution in [2.75, 3.05) is 19.5 Å². The van der Waals surface area contributed by atoms with Gasteiger partial charge in [0.15, 0.2) is 6.61 Å². The second-order valence-electron chi connectivity index (χ2n) is 5.81. The molecule has 0 amide bonds. The summed E-state index contributed by atoms with van der Waals surface area (Å²) in [5.41, 5.74) is 6.32. The summed E-state index contributed by atoms with van der Waals surface area (Å²) in [6.07, 6.45) is -0.578. The number of esters is 1. The summed E-state index contributed by atoms with van der Waals surface area (Å²) >= 11 is 0. The number of halogens is 3. The lowest BCUT2D eigenvalue weighted by Crippen LogP contribution is -2.22. The van der Waals surface area contributed by atoms with Crippen molar-refractivity contribution < 1.29 is 27.4 Å². The Morgan fingerprint density at radius 3 is 2.61 bits per heavy atom. The van der Waals surface area contributed by atoms with E-state index in [4.69, 9.17) is 15.2 Å². The van der Waals surface area contributed by atoms with Crippen molar-refractivity contribution in [1.82, 2.24) is 0 Å². The smallest absolute Gasteiger partial charge is 0.422 e. The summed E-state index contributed by atoms with van der Waals surface area (Å²) in [6.45, 7) is -1.42. The average Bonchev–Trinajstić information content (AvgIpc) is 2.44. The largest absolute Gasteiger partial charge is 0.482 e. The maximum absolute atomic E-state index is 12.3. The molecule has 4 nitrogen and oxygen atoms in total. The predicted octanol–water partition coefficient (Wildman–Crippen LogP) is 3.66. The van der Waals surface area contributed by atoms with E-state index in [0.717, 1.165) is 19.3 Å². The van der Waals surface area contributed by atoms with E-state index in [1.165, 1.54) is 19.2 Å². The Morgan fingerprint density at radius 1 is 1.39 bits per heavy atom. The van der Waals surface area contributed by atoms with Gasteiger partial charge in [-0.25, -0.2) is 0 Å². The molecule has 0 saturated heterocycles. The average molecular weight is 331 g/mol. The van der Waals surface area contributed by atoms with Crippen LogP contribution in [0.2, 0.25) is 0 Å². The van der Waals surface area contributed by atoms with E-state index in [0.29, 0.717) is 17.9 Å². The molecule has 2 N–H and O–H groups in total. The molecule has 1 aliphatic rings. The maximum atomic E-state index is 12.3. The molecule has 1 atom stereocenters. The predicted molar refractivity (Wildman–Crippen MR) is 79.1 cm³/mol. The first kappa shape index (κ1) is 17.4. The molecule has 2 rings (SSSR count). The number of methoxy groups -OCH3 is 1. The lowest BCUT2D eigenvalue weighted by atomic mass is 9.77. The summed E-state index contributed by atoms with van der Waals surface area (Å²) in [4.78, 5) is 12.0. The Balaban J connectivity index is 2.19. The molecule has 1 unspecified atom stereocenters. The minimum atomic E-state index is -4.45. The maximum Gasteiger partial charge on any atom is 0.422 e. The van der Waals surface area contributed by atoms with Gasteiger partial charge >= 0.3 is 12.1 Å². The highest BCUT2D eigenvalue weighted by Crippen LogP contribution is 2.38. The first-order chi connectivity index (χ1) is 10.8. The van der Waals surface area contributed by atoms with Crippen molar-refractivity contribution in [2.45, 2.75) is 37.8 Å². The number of rotatable bonds is 6. The second kappa shape index (κ2) is 7.10. The highest BCUT2D eigenvalue weighted by Gasteiger charge is 2.31. The Bertz CT molecular complexity index is 556. The van der Waals surface area contributed by atoms with Crippen molar-refractivity contribution in [2.24, 2.45) is 5.92 Å². The molecule has 1 aliphatic carbocycles. The van der Waals surface area contributed by atoms with Crippen molar-refractivity contribution >= 4 is 11.7 Å². The number of ether oxygens (including phenoxy) is 2. The van der Waals surface area contributed by atoms with E-state index in [9.17, 15) is 18.0 Å². The van der Waals surface area contributed by atoms with Gasteiger partial charge in [-0.15, -0.1) is 0 Å². The molecule has 7 heteroatoms. The van der Waals surface area contributed by atoms with Crippen LogP contribution in [0.25, 0.3) is 0 Å². The molecule has 1 saturated carbocycles. The van der Waals surface area contributed by atoms with Gasteiger partial charge in [0.05, 0.1) is 18.7 Å². The van der Waals surface area contributed by atoms with Gasteiger partial charge in [-0.3, -0.25) is 4.79 Å². The van der Waals surface area contributed by atoms with E-state index >= 15 is 0 Å². The molecule has 0 heterocycles. The van der Waals surface area contributed by atoms with E-state index in [2.05, 4.69) is 0 Å². The monoisotopic (exact) mass is 331 g/mol. The van der Waals surface area contributed by atoms with E-state index in [1.807, 2.05) is 0 Å². The molecule has 0 bridgehead atoms. The molecule has 0 radical (unpaired) electrons. The normalized spacial score (nSPS) is 16.5. The van der Waals surface area contributed by atoms with Gasteiger partial charge < -0.3 is 15.2 Å². The van der Waals surface area contributed by atoms with E-state index < -0.39 is 24.7 Å². The molecule has 0 aliphatic heterocycles. The number of benzene rings is 1. The number of alkyl halides is 3. The van der Waals surface area contributed by atoms with E-state index in [1.54, 1.807) is 6.07 Å². The van der Waals surface area contributed by atoms with Crippen molar-refractivity contribution in [1.29, 1.82) is 0 Å². The zero-order valence-corrected chi connectivity index (χ0v) is 12.9. The van der Waals surface area contributed by atoms with E-state index in [-0.39, 0.29) is 11.4 Å². The molecule has 1 aromatic carbocycles. The summed E-state index contributed by atoms with van der Waals surface area (Å²) in [5.74, 6) is -0.541. The zero-order valence-electron chi connectivity index (χ0n) is 12.9. The minimum Gasteiger partial charge on any atom is -0.482 e. The molecule has 0 spiro atoms. The first-order valence-corrected chi connectivity index (χ1v) is 7.47. The fourth-order valence-electron chi connectivity index (χ4n) is 2.62. The Labute approximate surface area is 132 Å². The third-order valence-corrected chi connectivity index (χ3v) is 4.11. The van der Waals surface area contributed by atoms with Gasteiger partial charge in [0.2, 0.25) is 0 Å². The van der Waals surface area contributed by atoms with Gasteiger partial charge in [-0.05, 0) is 30.0 Å². The molecular weight excluding hydrogens is 311 g/mol. The molecule has 1 aromatic rings. The molecule has 128 valence electrons. The van der Waals surface area contributed by atoms with Crippen LogP contribution in [0, 0.1) is 5.92 Å². The number of hydrogen-bond acceptors (Lipinski definition) is 4. The van der Waals surface area contributed by atoms with Gasteiger partial charge in [0, 0.05) is 0 Å². The van der Waals surface area contributed by atoms with Crippen molar-refractivity contribution in [3.05, 3.63) is 23.8 Å². The third-order valence-electron chi connectivity index (χ3n) is 4.11. The number of carbonyl (C=O) groups excluding carboxylic acids is 1. The fourth-order valence-corrected chi connectivity index (χ4v) is 2.62. The second-order valence-corrected chi connectivity index (χ2v) is 5.81. The van der Waals surface area contributed by atoms with Gasteiger partial charge in [0.25, 0.3) is 0 Å². The Hall–Kier alpha value is -1.92. The van der Waals surface area contributed by atoms with Crippen LogP contribution < -0.4 is 10.5 Å². The SMILES string of the molecule is COC(=O)C(CC1CCC1)c1ccc(N)c(OCC(F)(F)F)c1. The Kier molecular flexibility index (Phi) is 5.38. The minimum absolute atomic E-state index is 0.0673. The van der Waals surface area contributed by atoms with Crippen LogP contribution in [0.4, 0.5) is 18.9 Å². The topological polar surface area (TPSA) is 61.5 Å². The summed E-state index contributed by atoms with van der Waals surface area (Å²) < 4.78 is 46.5. The fraction of sp³-hybridized carbons (Fsp3) is 0.562. The lowest BCUT2D eigenvalue weighted by molar-refractivity contribution is -0.153. The molecule has 1 fully saturated rings. The highest BCUT2D eigenvalue weighted by molar-refractivity contribution is 5.78. The van der Waals surface area contributed by atoms with Crippen LogP contribution in [0.15, 0.2) is 18.2 Å². The number of anilines is 1. The molecule has 0 aromatic heterocycles. The summed E-state index contributed by atoms with van der Waals surface area (Å²) in [6, 6.07) is 4.50. The van der Waals surface area contributed by atoms with Gasteiger partial charge in [-0.2, -0.15) is 13.2 Å². The van der Waals surface area contributed by atoms with Crippen LogP contribution in [0.1, 0.15) is 37.2 Å². The van der Waals surface area contributed by atoms with Crippen LogP contribution in [-0.2, 0) is 9.53 Å². The highest BCUT2D eigenvalue weighted by atomic mass is 19.4. The number of hydrogen-bond donors (Lipinski definition) is 1.